The van der Waals surface area contributed by atoms with Crippen LogP contribution in [-0.2, 0) is 4.79 Å². The Balaban J connectivity index is 1.97. The Morgan fingerprint density at radius 2 is 1.95 bits per heavy atom. The number of carbonyl (C=O) groups is 1. The molecule has 0 heterocycles. The number of rotatable bonds is 5. The number of carbonyl (C=O) groups excluding carboxylic acids is 1. The van der Waals surface area contributed by atoms with E-state index in [9.17, 15) is 9.18 Å². The number of hydrogen-bond acceptors (Lipinski definition) is 3. The molecule has 1 N–H and O–H groups in total. The Morgan fingerprint density at radius 1 is 1.27 bits per heavy atom. The van der Waals surface area contributed by atoms with Crippen LogP contribution in [0.4, 0.5) is 10.1 Å². The highest BCUT2D eigenvalue weighted by Gasteiger charge is 2.15. The third-order valence-corrected chi connectivity index (χ3v) is 4.31. The fourth-order valence-electron chi connectivity index (χ4n) is 1.73. The van der Waals surface area contributed by atoms with Gasteiger partial charge in [-0.2, -0.15) is 0 Å². The molecule has 116 valence electrons. The van der Waals surface area contributed by atoms with Gasteiger partial charge >= 0.3 is 0 Å². The highest BCUT2D eigenvalue weighted by molar-refractivity contribution is 8.00. The van der Waals surface area contributed by atoms with Crippen LogP contribution in [0.2, 0.25) is 5.02 Å². The van der Waals surface area contributed by atoms with Crippen molar-refractivity contribution < 1.29 is 13.9 Å². The second-order valence-corrected chi connectivity index (χ2v) is 6.38. The largest absolute Gasteiger partial charge is 0.497 e. The van der Waals surface area contributed by atoms with E-state index in [0.717, 1.165) is 10.6 Å². The normalized spacial score (nSPS) is 11.8. The summed E-state index contributed by atoms with van der Waals surface area (Å²) in [6, 6.07) is 11.5. The van der Waals surface area contributed by atoms with Crippen LogP contribution in [0.15, 0.2) is 47.4 Å². The van der Waals surface area contributed by atoms with Gasteiger partial charge in [0.05, 0.1) is 17.4 Å². The molecule has 0 saturated carbocycles. The number of benzene rings is 2. The lowest BCUT2D eigenvalue weighted by atomic mass is 10.3. The lowest BCUT2D eigenvalue weighted by Gasteiger charge is -2.12. The highest BCUT2D eigenvalue weighted by Crippen LogP contribution is 2.28. The van der Waals surface area contributed by atoms with Crippen LogP contribution in [0.5, 0.6) is 5.75 Å². The van der Waals surface area contributed by atoms with E-state index in [4.69, 9.17) is 16.3 Å². The molecule has 1 atom stereocenters. The highest BCUT2D eigenvalue weighted by atomic mass is 35.5. The Morgan fingerprint density at radius 3 is 2.55 bits per heavy atom. The van der Waals surface area contributed by atoms with E-state index in [-0.39, 0.29) is 16.2 Å². The molecular weight excluding hydrogens is 325 g/mol. The first-order valence-electron chi connectivity index (χ1n) is 6.56. The van der Waals surface area contributed by atoms with Crippen LogP contribution in [0.25, 0.3) is 0 Å². The molecule has 0 aliphatic rings. The average molecular weight is 340 g/mol. The van der Waals surface area contributed by atoms with Gasteiger partial charge in [0.25, 0.3) is 0 Å². The van der Waals surface area contributed by atoms with Crippen molar-refractivity contribution in [2.45, 2.75) is 17.1 Å². The SMILES string of the molecule is COc1ccc(NC(=O)[C@H](C)Sc2ccc(F)c(Cl)c2)cc1. The molecule has 0 bridgehead atoms. The molecule has 0 spiro atoms. The summed E-state index contributed by atoms with van der Waals surface area (Å²) in [5, 5.41) is 2.52. The van der Waals surface area contributed by atoms with Crippen molar-refractivity contribution in [1.82, 2.24) is 0 Å². The van der Waals surface area contributed by atoms with Gasteiger partial charge in [0, 0.05) is 10.6 Å². The van der Waals surface area contributed by atoms with Crippen molar-refractivity contribution in [3.63, 3.8) is 0 Å². The summed E-state index contributed by atoms with van der Waals surface area (Å²) in [6.07, 6.45) is 0. The lowest BCUT2D eigenvalue weighted by Crippen LogP contribution is -2.22. The first-order chi connectivity index (χ1) is 10.5. The van der Waals surface area contributed by atoms with Gasteiger partial charge in [0.2, 0.25) is 5.91 Å². The van der Waals surface area contributed by atoms with E-state index in [1.54, 1.807) is 44.4 Å². The molecule has 2 aromatic carbocycles. The van der Waals surface area contributed by atoms with Crippen LogP contribution in [-0.4, -0.2) is 18.3 Å². The van der Waals surface area contributed by atoms with Gasteiger partial charge < -0.3 is 10.1 Å². The predicted octanol–water partition coefficient (Wildman–Crippen LogP) is 4.61. The molecule has 1 amide bonds. The van der Waals surface area contributed by atoms with Crippen molar-refractivity contribution in [1.29, 1.82) is 0 Å². The van der Waals surface area contributed by atoms with Crippen LogP contribution in [0.1, 0.15) is 6.92 Å². The van der Waals surface area contributed by atoms with E-state index < -0.39 is 5.82 Å². The second-order valence-electron chi connectivity index (χ2n) is 4.55. The number of thioether (sulfide) groups is 1. The smallest absolute Gasteiger partial charge is 0.237 e. The maximum Gasteiger partial charge on any atom is 0.237 e. The number of amides is 1. The van der Waals surface area contributed by atoms with Crippen LogP contribution < -0.4 is 10.1 Å². The first kappa shape index (κ1) is 16.6. The van der Waals surface area contributed by atoms with Crippen molar-refractivity contribution in [2.75, 3.05) is 12.4 Å². The maximum absolute atomic E-state index is 13.1. The molecule has 0 aromatic heterocycles. The van der Waals surface area contributed by atoms with Gasteiger partial charge in [-0.25, -0.2) is 4.39 Å². The predicted molar refractivity (Wildman–Crippen MR) is 88.4 cm³/mol. The monoisotopic (exact) mass is 339 g/mol. The van der Waals surface area contributed by atoms with E-state index >= 15 is 0 Å². The summed E-state index contributed by atoms with van der Waals surface area (Å²) in [5.41, 5.74) is 0.690. The third kappa shape index (κ3) is 4.39. The number of halogens is 2. The quantitative estimate of drug-likeness (QED) is 0.808. The summed E-state index contributed by atoms with van der Waals surface area (Å²) < 4.78 is 18.2. The zero-order valence-corrected chi connectivity index (χ0v) is 13.7. The van der Waals surface area contributed by atoms with Gasteiger partial charge in [0.15, 0.2) is 0 Å². The van der Waals surface area contributed by atoms with Crippen molar-refractivity contribution >= 4 is 35.0 Å². The van der Waals surface area contributed by atoms with Gasteiger partial charge in [0.1, 0.15) is 11.6 Å². The standard InChI is InChI=1S/C16H15ClFNO2S/c1-10(22-13-7-8-15(18)14(17)9-13)16(20)19-11-3-5-12(21-2)6-4-11/h3-10H,1-2H3,(H,19,20)/t10-/m0/s1. The zero-order valence-electron chi connectivity index (χ0n) is 12.1. The molecule has 0 saturated heterocycles. The van der Waals surface area contributed by atoms with Crippen LogP contribution >= 0.6 is 23.4 Å². The molecule has 0 aliphatic heterocycles. The number of hydrogen-bond donors (Lipinski definition) is 1. The topological polar surface area (TPSA) is 38.3 Å². The summed E-state index contributed by atoms with van der Waals surface area (Å²) in [6.45, 7) is 1.78. The molecule has 0 unspecified atom stereocenters. The summed E-state index contributed by atoms with van der Waals surface area (Å²) in [4.78, 5) is 12.9. The minimum Gasteiger partial charge on any atom is -0.497 e. The molecule has 0 fully saturated rings. The first-order valence-corrected chi connectivity index (χ1v) is 7.82. The van der Waals surface area contributed by atoms with E-state index in [1.807, 2.05) is 0 Å². The van der Waals surface area contributed by atoms with Gasteiger partial charge in [-0.1, -0.05) is 11.6 Å². The van der Waals surface area contributed by atoms with Crippen molar-refractivity contribution in [3.05, 3.63) is 53.3 Å². The molecule has 2 aromatic rings. The Bertz CT molecular complexity index is 664. The van der Waals surface area contributed by atoms with E-state index in [0.29, 0.717) is 5.69 Å². The Kier molecular flexibility index (Phi) is 5.69. The molecule has 0 aliphatic carbocycles. The molecule has 22 heavy (non-hydrogen) atoms. The van der Waals surface area contributed by atoms with Crippen molar-refractivity contribution in [2.24, 2.45) is 0 Å². The van der Waals surface area contributed by atoms with Gasteiger partial charge in [-0.3, -0.25) is 4.79 Å². The summed E-state index contributed by atoms with van der Waals surface area (Å²) >= 11 is 7.05. The minimum absolute atomic E-state index is 0.0489. The zero-order chi connectivity index (χ0) is 16.1. The summed E-state index contributed by atoms with van der Waals surface area (Å²) in [5.74, 6) is 0.110. The van der Waals surface area contributed by atoms with Gasteiger partial charge in [-0.05, 0) is 49.4 Å². The van der Waals surface area contributed by atoms with Crippen molar-refractivity contribution in [3.8, 4) is 5.75 Å². The minimum atomic E-state index is -0.471. The molecular formula is C16H15ClFNO2S. The maximum atomic E-state index is 13.1. The number of anilines is 1. The van der Waals surface area contributed by atoms with E-state index in [1.165, 1.54) is 23.9 Å². The number of nitrogens with one attached hydrogen (secondary N) is 1. The third-order valence-electron chi connectivity index (χ3n) is 2.93. The van der Waals surface area contributed by atoms with Gasteiger partial charge in [-0.15, -0.1) is 11.8 Å². The second kappa shape index (κ2) is 7.51. The average Bonchev–Trinajstić information content (AvgIpc) is 2.51. The molecule has 3 nitrogen and oxygen atoms in total. The molecule has 0 radical (unpaired) electrons. The fraction of sp³-hybridized carbons (Fsp3) is 0.188. The number of methoxy groups -OCH3 is 1. The Labute approximate surface area is 137 Å². The van der Waals surface area contributed by atoms with Crippen LogP contribution in [0.3, 0.4) is 0 Å². The Hall–Kier alpha value is -1.72. The number of ether oxygens (including phenoxy) is 1. The van der Waals surface area contributed by atoms with Crippen LogP contribution in [0, 0.1) is 5.82 Å². The lowest BCUT2D eigenvalue weighted by molar-refractivity contribution is -0.115. The molecule has 2 rings (SSSR count). The summed E-state index contributed by atoms with van der Waals surface area (Å²) in [7, 11) is 1.58. The molecule has 6 heteroatoms. The fourth-order valence-corrected chi connectivity index (χ4v) is 2.88. The van der Waals surface area contributed by atoms with E-state index in [2.05, 4.69) is 5.32 Å².